The Bertz CT molecular complexity index is 171. The molecule has 0 aliphatic heterocycles. The average molecular weight is 152 g/mol. The molecule has 0 atom stereocenters. The van der Waals surface area contributed by atoms with Crippen LogP contribution in [0.1, 0.15) is 20.8 Å². The van der Waals surface area contributed by atoms with Gasteiger partial charge in [-0.05, 0) is 20.8 Å². The lowest BCUT2D eigenvalue weighted by atomic mass is 10.3. The van der Waals surface area contributed by atoms with Gasteiger partial charge in [0.1, 0.15) is 13.6 Å². The molecule has 0 aliphatic carbocycles. The molecule has 1 heteroatoms. The van der Waals surface area contributed by atoms with Crippen molar-refractivity contribution in [1.82, 2.24) is 0 Å². The molecule has 0 fully saturated rings. The summed E-state index contributed by atoms with van der Waals surface area (Å²) in [7, 11) is 2.09. The molecule has 0 aromatic rings. The van der Waals surface area contributed by atoms with Crippen LogP contribution in [-0.4, -0.2) is 23.9 Å². The Morgan fingerprint density at radius 1 is 1.18 bits per heavy atom. The molecule has 0 bridgehead atoms. The molecule has 0 aromatic heterocycles. The fraction of sp³-hybridized carbons (Fsp3) is 0.500. The molecular weight excluding hydrogens is 134 g/mol. The number of hydrogen-bond acceptors (Lipinski definition) is 0. The lowest BCUT2D eigenvalue weighted by Gasteiger charge is -1.94. The molecule has 0 saturated heterocycles. The van der Waals surface area contributed by atoms with Crippen LogP contribution >= 0.6 is 0 Å². The van der Waals surface area contributed by atoms with Gasteiger partial charge in [0.2, 0.25) is 0 Å². The van der Waals surface area contributed by atoms with E-state index in [-0.39, 0.29) is 0 Å². The van der Waals surface area contributed by atoms with Crippen LogP contribution in [0.5, 0.6) is 0 Å². The molecular formula is C10H18N+. The van der Waals surface area contributed by atoms with E-state index in [4.69, 9.17) is 0 Å². The molecule has 11 heavy (non-hydrogen) atoms. The molecule has 0 spiro atoms. The highest BCUT2D eigenvalue weighted by atomic mass is 15.0. The Morgan fingerprint density at radius 3 is 1.91 bits per heavy atom. The van der Waals surface area contributed by atoms with Crippen molar-refractivity contribution in [2.45, 2.75) is 20.8 Å². The first-order valence-electron chi connectivity index (χ1n) is 4.09. The summed E-state index contributed by atoms with van der Waals surface area (Å²) in [4.78, 5) is 0. The quantitative estimate of drug-likeness (QED) is 0.431. The second-order valence-corrected chi connectivity index (χ2v) is 2.44. The van der Waals surface area contributed by atoms with Gasteiger partial charge in [-0.25, -0.2) is 4.58 Å². The zero-order chi connectivity index (χ0) is 8.69. The molecule has 0 heterocycles. The van der Waals surface area contributed by atoms with Crippen LogP contribution < -0.4 is 0 Å². The fourth-order valence-corrected chi connectivity index (χ4v) is 0.834. The van der Waals surface area contributed by atoms with Crippen molar-refractivity contribution in [1.29, 1.82) is 0 Å². The molecule has 0 rings (SSSR count). The largest absolute Gasteiger partial charge is 0.233 e. The molecule has 62 valence electrons. The Kier molecular flexibility index (Phi) is 5.44. The van der Waals surface area contributed by atoms with E-state index in [1.165, 1.54) is 5.71 Å². The maximum Gasteiger partial charge on any atom is 0.198 e. The average Bonchev–Trinajstić information content (AvgIpc) is 2.03. The standard InChI is InChI=1S/C10H18N/c1-5-8-10(9-6-2)11(4)7-3/h5-6,8-9H,7H2,1-4H3/q+1/b8-5-,9-6?,11-10?. The number of hydrogen-bond donors (Lipinski definition) is 0. The Hall–Kier alpha value is -0.850. The van der Waals surface area contributed by atoms with Crippen LogP contribution in [0.15, 0.2) is 24.3 Å². The first kappa shape index (κ1) is 10.2. The molecule has 1 nitrogen and oxygen atoms in total. The predicted molar refractivity (Wildman–Crippen MR) is 51.4 cm³/mol. The van der Waals surface area contributed by atoms with Crippen LogP contribution in [0.2, 0.25) is 0 Å². The summed E-state index contributed by atoms with van der Waals surface area (Å²) in [5.41, 5.74) is 1.26. The summed E-state index contributed by atoms with van der Waals surface area (Å²) in [5, 5.41) is 0. The smallest absolute Gasteiger partial charge is 0.198 e. The van der Waals surface area contributed by atoms with E-state index in [2.05, 4.69) is 42.9 Å². The van der Waals surface area contributed by atoms with E-state index in [1.807, 2.05) is 13.8 Å². The molecule has 0 aromatic carbocycles. The monoisotopic (exact) mass is 152 g/mol. The van der Waals surface area contributed by atoms with Gasteiger partial charge < -0.3 is 0 Å². The van der Waals surface area contributed by atoms with Crippen molar-refractivity contribution < 1.29 is 4.58 Å². The second kappa shape index (κ2) is 5.90. The first-order valence-corrected chi connectivity index (χ1v) is 4.09. The topological polar surface area (TPSA) is 3.01 Å². The van der Waals surface area contributed by atoms with Gasteiger partial charge in [-0.1, -0.05) is 12.2 Å². The SMILES string of the molecule is CC=CC(/C=C\C)=[N+](C)CC. The van der Waals surface area contributed by atoms with Crippen molar-refractivity contribution >= 4 is 5.71 Å². The van der Waals surface area contributed by atoms with Crippen molar-refractivity contribution in [3.05, 3.63) is 24.3 Å². The van der Waals surface area contributed by atoms with Crippen LogP contribution in [0.4, 0.5) is 0 Å². The van der Waals surface area contributed by atoms with E-state index >= 15 is 0 Å². The molecule has 0 aliphatic rings. The van der Waals surface area contributed by atoms with Gasteiger partial charge in [-0.3, -0.25) is 0 Å². The van der Waals surface area contributed by atoms with Crippen molar-refractivity contribution in [2.24, 2.45) is 0 Å². The zero-order valence-electron chi connectivity index (χ0n) is 7.96. The van der Waals surface area contributed by atoms with Gasteiger partial charge >= 0.3 is 0 Å². The van der Waals surface area contributed by atoms with E-state index in [0.29, 0.717) is 0 Å². The molecule has 0 saturated carbocycles. The summed E-state index contributed by atoms with van der Waals surface area (Å²) in [6.45, 7) is 7.26. The Balaban J connectivity index is 4.56. The van der Waals surface area contributed by atoms with Gasteiger partial charge in [-0.15, -0.1) is 0 Å². The fourth-order valence-electron chi connectivity index (χ4n) is 0.834. The van der Waals surface area contributed by atoms with Crippen molar-refractivity contribution in [3.63, 3.8) is 0 Å². The van der Waals surface area contributed by atoms with E-state index < -0.39 is 0 Å². The van der Waals surface area contributed by atoms with Gasteiger partial charge in [0.15, 0.2) is 5.71 Å². The second-order valence-electron chi connectivity index (χ2n) is 2.44. The first-order chi connectivity index (χ1) is 5.26. The minimum atomic E-state index is 1.05. The van der Waals surface area contributed by atoms with Crippen molar-refractivity contribution in [2.75, 3.05) is 13.6 Å². The summed E-state index contributed by atoms with van der Waals surface area (Å²) < 4.78 is 2.21. The van der Waals surface area contributed by atoms with Crippen LogP contribution in [0.3, 0.4) is 0 Å². The third-order valence-electron chi connectivity index (χ3n) is 1.59. The minimum Gasteiger partial charge on any atom is -0.233 e. The third-order valence-corrected chi connectivity index (χ3v) is 1.59. The lowest BCUT2D eigenvalue weighted by molar-refractivity contribution is -0.491. The highest BCUT2D eigenvalue weighted by molar-refractivity contribution is 5.99. The number of nitrogens with zero attached hydrogens (tertiary/aromatic N) is 1. The van der Waals surface area contributed by atoms with Crippen LogP contribution in [0.25, 0.3) is 0 Å². The van der Waals surface area contributed by atoms with Crippen LogP contribution in [0, 0.1) is 0 Å². The van der Waals surface area contributed by atoms with E-state index in [0.717, 1.165) is 6.54 Å². The lowest BCUT2D eigenvalue weighted by Crippen LogP contribution is -2.12. The van der Waals surface area contributed by atoms with Gasteiger partial charge in [0, 0.05) is 12.2 Å². The molecule has 0 radical (unpaired) electrons. The van der Waals surface area contributed by atoms with E-state index in [9.17, 15) is 0 Å². The Morgan fingerprint density at radius 2 is 1.64 bits per heavy atom. The van der Waals surface area contributed by atoms with Gasteiger partial charge in [0.25, 0.3) is 0 Å². The molecule has 0 amide bonds. The zero-order valence-corrected chi connectivity index (χ0v) is 7.96. The highest BCUT2D eigenvalue weighted by Crippen LogP contribution is 1.85. The van der Waals surface area contributed by atoms with Crippen LogP contribution in [-0.2, 0) is 0 Å². The van der Waals surface area contributed by atoms with Gasteiger partial charge in [-0.2, -0.15) is 0 Å². The number of rotatable bonds is 3. The predicted octanol–water partition coefficient (Wildman–Crippen LogP) is 2.24. The Labute approximate surface area is 69.7 Å². The summed E-state index contributed by atoms with van der Waals surface area (Å²) in [6.07, 6.45) is 8.34. The minimum absolute atomic E-state index is 1.05. The third kappa shape index (κ3) is 3.76. The maximum atomic E-state index is 2.21. The normalized spacial score (nSPS) is 14.5. The van der Waals surface area contributed by atoms with Crippen molar-refractivity contribution in [3.8, 4) is 0 Å². The van der Waals surface area contributed by atoms with Gasteiger partial charge in [0.05, 0.1) is 0 Å². The summed E-state index contributed by atoms with van der Waals surface area (Å²) >= 11 is 0. The number of allylic oxidation sites excluding steroid dienone is 4. The highest BCUT2D eigenvalue weighted by Gasteiger charge is 1.97. The molecule has 0 unspecified atom stereocenters. The summed E-state index contributed by atoms with van der Waals surface area (Å²) in [5.74, 6) is 0. The summed E-state index contributed by atoms with van der Waals surface area (Å²) in [6, 6.07) is 0. The van der Waals surface area contributed by atoms with E-state index in [1.54, 1.807) is 0 Å². The molecule has 0 N–H and O–H groups in total. The maximum absolute atomic E-state index is 2.21.